The number of ether oxygens (including phenoxy) is 1. The fraction of sp³-hybridized carbons (Fsp3) is 0.133. The monoisotopic (exact) mass is 273 g/mol. The van der Waals surface area contributed by atoms with Gasteiger partial charge in [-0.3, -0.25) is 4.79 Å². The molecule has 0 aliphatic carbocycles. The largest absolute Gasteiger partial charge is 0.483 e. The fourth-order valence-electron chi connectivity index (χ4n) is 2.13. The molecule has 3 nitrogen and oxygen atoms in total. The number of nitrogens with zero attached hydrogens (tertiary/aromatic N) is 1. The molecule has 0 saturated heterocycles. The van der Waals surface area contributed by atoms with Crippen molar-refractivity contribution in [1.82, 2.24) is 0 Å². The van der Waals surface area contributed by atoms with E-state index in [0.717, 1.165) is 17.0 Å². The summed E-state index contributed by atoms with van der Waals surface area (Å²) in [6.07, 6.45) is 0. The van der Waals surface area contributed by atoms with E-state index in [9.17, 15) is 4.79 Å². The van der Waals surface area contributed by atoms with E-state index in [1.165, 1.54) is 0 Å². The minimum atomic E-state index is -0.0569. The number of carbonyl (C=O) groups is 1. The Bertz CT molecular complexity index is 613. The zero-order valence-electron chi connectivity index (χ0n) is 10.2. The van der Waals surface area contributed by atoms with Gasteiger partial charge < -0.3 is 9.64 Å². The number of fused-ring (bicyclic) bond motifs is 1. The maximum atomic E-state index is 12.1. The number of para-hydroxylation sites is 1. The highest BCUT2D eigenvalue weighted by atomic mass is 35.5. The molecule has 1 amide bonds. The second kappa shape index (κ2) is 4.94. The Labute approximate surface area is 116 Å². The molecule has 0 radical (unpaired) electrons. The molecule has 0 unspecified atom stereocenters. The molecule has 2 aromatic rings. The molecular formula is C15H12ClNO2. The summed E-state index contributed by atoms with van der Waals surface area (Å²) in [5.41, 5.74) is 1.78. The first kappa shape index (κ1) is 12.1. The first-order chi connectivity index (χ1) is 9.24. The minimum absolute atomic E-state index is 0.0452. The number of hydrogen-bond acceptors (Lipinski definition) is 2. The molecule has 3 rings (SSSR count). The van der Waals surface area contributed by atoms with Crippen molar-refractivity contribution < 1.29 is 9.53 Å². The molecule has 0 N–H and O–H groups in total. The molecule has 19 heavy (non-hydrogen) atoms. The molecule has 0 spiro atoms. The second-order valence-corrected chi connectivity index (χ2v) is 4.79. The average molecular weight is 274 g/mol. The van der Waals surface area contributed by atoms with Gasteiger partial charge in [-0.1, -0.05) is 29.8 Å². The van der Waals surface area contributed by atoms with Crippen LogP contribution in [0.1, 0.15) is 5.56 Å². The van der Waals surface area contributed by atoms with Crippen molar-refractivity contribution >= 4 is 23.2 Å². The summed E-state index contributed by atoms with van der Waals surface area (Å²) in [6, 6.07) is 15.0. The van der Waals surface area contributed by atoms with Gasteiger partial charge in [-0.2, -0.15) is 0 Å². The number of carbonyl (C=O) groups excluding carboxylic acids is 1. The molecule has 0 aromatic heterocycles. The average Bonchev–Trinajstić information content (AvgIpc) is 2.59. The second-order valence-electron chi connectivity index (χ2n) is 4.36. The van der Waals surface area contributed by atoms with Gasteiger partial charge in [0.05, 0.1) is 6.54 Å². The predicted octanol–water partition coefficient (Wildman–Crippen LogP) is 3.27. The van der Waals surface area contributed by atoms with Crippen LogP contribution < -0.4 is 9.64 Å². The smallest absolute Gasteiger partial charge is 0.265 e. The fourth-order valence-corrected chi connectivity index (χ4v) is 2.33. The quantitative estimate of drug-likeness (QED) is 0.798. The predicted molar refractivity (Wildman–Crippen MR) is 74.6 cm³/mol. The van der Waals surface area contributed by atoms with Gasteiger partial charge in [-0.15, -0.1) is 0 Å². The van der Waals surface area contributed by atoms with E-state index in [1.807, 2.05) is 36.4 Å². The van der Waals surface area contributed by atoms with E-state index in [2.05, 4.69) is 0 Å². The van der Waals surface area contributed by atoms with Gasteiger partial charge >= 0.3 is 0 Å². The van der Waals surface area contributed by atoms with Crippen molar-refractivity contribution in [1.29, 1.82) is 0 Å². The number of anilines is 1. The van der Waals surface area contributed by atoms with Crippen molar-refractivity contribution in [2.75, 3.05) is 11.5 Å². The van der Waals surface area contributed by atoms with Crippen molar-refractivity contribution in [3.8, 4) is 5.75 Å². The molecule has 1 aliphatic rings. The Morgan fingerprint density at radius 3 is 2.68 bits per heavy atom. The van der Waals surface area contributed by atoms with Crippen LogP contribution in [-0.2, 0) is 11.3 Å². The molecule has 2 aromatic carbocycles. The van der Waals surface area contributed by atoms with Gasteiger partial charge in [0.25, 0.3) is 5.91 Å². The van der Waals surface area contributed by atoms with Crippen LogP contribution in [0.25, 0.3) is 0 Å². The van der Waals surface area contributed by atoms with E-state index in [0.29, 0.717) is 11.6 Å². The van der Waals surface area contributed by atoms with E-state index < -0.39 is 0 Å². The summed E-state index contributed by atoms with van der Waals surface area (Å²) in [6.45, 7) is 0.516. The standard InChI is InChI=1S/C15H12ClNO2/c16-12-6-7-14-11(8-12)9-17(15(18)10-19-14)13-4-2-1-3-5-13/h1-8H,9-10H2. The van der Waals surface area contributed by atoms with Crippen LogP contribution in [0.15, 0.2) is 48.5 Å². The zero-order chi connectivity index (χ0) is 13.2. The highest BCUT2D eigenvalue weighted by Gasteiger charge is 2.22. The Hall–Kier alpha value is -2.00. The van der Waals surface area contributed by atoms with Gasteiger partial charge in [0.2, 0.25) is 0 Å². The van der Waals surface area contributed by atoms with Gasteiger partial charge in [0, 0.05) is 16.3 Å². The molecule has 4 heteroatoms. The lowest BCUT2D eigenvalue weighted by atomic mass is 10.2. The number of benzene rings is 2. The highest BCUT2D eigenvalue weighted by molar-refractivity contribution is 6.30. The van der Waals surface area contributed by atoms with Crippen molar-refractivity contribution in [2.24, 2.45) is 0 Å². The summed E-state index contributed by atoms with van der Waals surface area (Å²) in [5.74, 6) is 0.662. The normalized spacial score (nSPS) is 14.6. The lowest BCUT2D eigenvalue weighted by Gasteiger charge is -2.20. The Morgan fingerprint density at radius 2 is 1.89 bits per heavy atom. The molecular weight excluding hydrogens is 262 g/mol. The topological polar surface area (TPSA) is 29.5 Å². The molecule has 0 bridgehead atoms. The first-order valence-corrected chi connectivity index (χ1v) is 6.38. The first-order valence-electron chi connectivity index (χ1n) is 6.01. The van der Waals surface area contributed by atoms with E-state index in [4.69, 9.17) is 16.3 Å². The van der Waals surface area contributed by atoms with Crippen molar-refractivity contribution in [2.45, 2.75) is 6.54 Å². The lowest BCUT2D eigenvalue weighted by Crippen LogP contribution is -2.32. The molecule has 1 heterocycles. The zero-order valence-corrected chi connectivity index (χ0v) is 10.9. The molecule has 0 atom stereocenters. The van der Waals surface area contributed by atoms with Crippen LogP contribution in [0, 0.1) is 0 Å². The van der Waals surface area contributed by atoms with E-state index in [1.54, 1.807) is 17.0 Å². The Morgan fingerprint density at radius 1 is 1.11 bits per heavy atom. The minimum Gasteiger partial charge on any atom is -0.483 e. The van der Waals surface area contributed by atoms with Gasteiger partial charge in [-0.05, 0) is 30.3 Å². The van der Waals surface area contributed by atoms with Crippen LogP contribution in [0.4, 0.5) is 5.69 Å². The summed E-state index contributed by atoms with van der Waals surface area (Å²) in [4.78, 5) is 13.8. The van der Waals surface area contributed by atoms with Crippen molar-refractivity contribution in [3.63, 3.8) is 0 Å². The summed E-state index contributed by atoms with van der Waals surface area (Å²) >= 11 is 6.00. The van der Waals surface area contributed by atoms with Crippen LogP contribution in [0.5, 0.6) is 5.75 Å². The van der Waals surface area contributed by atoms with Crippen LogP contribution in [0.3, 0.4) is 0 Å². The van der Waals surface area contributed by atoms with Gasteiger partial charge in [0.1, 0.15) is 5.75 Å². The number of amides is 1. The van der Waals surface area contributed by atoms with Crippen LogP contribution >= 0.6 is 11.6 Å². The van der Waals surface area contributed by atoms with E-state index >= 15 is 0 Å². The summed E-state index contributed by atoms with van der Waals surface area (Å²) in [5, 5.41) is 0.643. The van der Waals surface area contributed by atoms with Crippen LogP contribution in [-0.4, -0.2) is 12.5 Å². The third-order valence-electron chi connectivity index (χ3n) is 3.07. The maximum Gasteiger partial charge on any atom is 0.265 e. The summed E-state index contributed by atoms with van der Waals surface area (Å²) in [7, 11) is 0. The van der Waals surface area contributed by atoms with E-state index in [-0.39, 0.29) is 12.5 Å². The summed E-state index contributed by atoms with van der Waals surface area (Å²) < 4.78 is 5.52. The number of halogens is 1. The van der Waals surface area contributed by atoms with Gasteiger partial charge in [0.15, 0.2) is 6.61 Å². The molecule has 0 fully saturated rings. The molecule has 96 valence electrons. The number of rotatable bonds is 1. The Balaban J connectivity index is 2.00. The lowest BCUT2D eigenvalue weighted by molar-refractivity contribution is -0.120. The van der Waals surface area contributed by atoms with Crippen LogP contribution in [0.2, 0.25) is 5.02 Å². The third kappa shape index (κ3) is 2.42. The Kier molecular flexibility index (Phi) is 3.13. The molecule has 0 saturated carbocycles. The molecule has 1 aliphatic heterocycles. The maximum absolute atomic E-state index is 12.1. The third-order valence-corrected chi connectivity index (χ3v) is 3.31. The highest BCUT2D eigenvalue weighted by Crippen LogP contribution is 2.28. The number of hydrogen-bond donors (Lipinski definition) is 0. The SMILES string of the molecule is O=C1COc2ccc(Cl)cc2CN1c1ccccc1. The van der Waals surface area contributed by atoms with Crippen molar-refractivity contribution in [3.05, 3.63) is 59.1 Å². The van der Waals surface area contributed by atoms with Gasteiger partial charge in [-0.25, -0.2) is 0 Å².